The highest BCUT2D eigenvalue weighted by Crippen LogP contribution is 2.31. The summed E-state index contributed by atoms with van der Waals surface area (Å²) in [6.07, 6.45) is 3.37. The average Bonchev–Trinajstić information content (AvgIpc) is 2.75. The van der Waals surface area contributed by atoms with Crippen molar-refractivity contribution < 1.29 is 14.2 Å². The van der Waals surface area contributed by atoms with Crippen LogP contribution in [0.25, 0.3) is 0 Å². The molecule has 0 bridgehead atoms. The van der Waals surface area contributed by atoms with Gasteiger partial charge in [-0.05, 0) is 61.8 Å². The Morgan fingerprint density at radius 3 is 2.44 bits per heavy atom. The van der Waals surface area contributed by atoms with E-state index in [4.69, 9.17) is 14.2 Å². The van der Waals surface area contributed by atoms with E-state index >= 15 is 0 Å². The monoisotopic (exact) mass is 441 g/mol. The van der Waals surface area contributed by atoms with Gasteiger partial charge in [0.15, 0.2) is 0 Å². The first-order chi connectivity index (χ1) is 15.2. The lowest BCUT2D eigenvalue weighted by atomic mass is 9.98. The number of methoxy groups -OCH3 is 1. The van der Waals surface area contributed by atoms with Crippen LogP contribution in [0, 0.1) is 18.3 Å². The Hall–Kier alpha value is -2.20. The summed E-state index contributed by atoms with van der Waals surface area (Å²) in [4.78, 5) is 0. The molecule has 32 heavy (non-hydrogen) atoms. The molecule has 2 atom stereocenters. The molecule has 0 aliphatic heterocycles. The number of benzene rings is 2. The topological polar surface area (TPSA) is 39.7 Å². The molecule has 4 nitrogen and oxygen atoms in total. The van der Waals surface area contributed by atoms with Crippen molar-refractivity contribution in [1.29, 1.82) is 0 Å². The predicted octanol–water partition coefficient (Wildman–Crippen LogP) is 7.42. The third-order valence-electron chi connectivity index (χ3n) is 5.50. The first-order valence-electron chi connectivity index (χ1n) is 11.9. The van der Waals surface area contributed by atoms with Crippen LogP contribution in [-0.2, 0) is 4.74 Å². The SMILES string of the molecule is CCCC(CCNc1cc(OC)ccc1C(C)OCC(C)(C)C)COc1cccc(C)c1. The molecular formula is C28H43NO3. The highest BCUT2D eigenvalue weighted by Gasteiger charge is 2.17. The van der Waals surface area contributed by atoms with Gasteiger partial charge in [-0.2, -0.15) is 0 Å². The Morgan fingerprint density at radius 2 is 1.78 bits per heavy atom. The average molecular weight is 442 g/mol. The van der Waals surface area contributed by atoms with Crippen LogP contribution in [0.1, 0.15) is 71.1 Å². The molecule has 0 saturated carbocycles. The molecular weight excluding hydrogens is 398 g/mol. The summed E-state index contributed by atoms with van der Waals surface area (Å²) in [5, 5.41) is 3.65. The normalized spacial score (nSPS) is 13.5. The van der Waals surface area contributed by atoms with Gasteiger partial charge in [0, 0.05) is 23.9 Å². The second kappa shape index (κ2) is 12.7. The van der Waals surface area contributed by atoms with Gasteiger partial charge >= 0.3 is 0 Å². The number of anilines is 1. The van der Waals surface area contributed by atoms with Crippen molar-refractivity contribution in [2.24, 2.45) is 11.3 Å². The third-order valence-corrected chi connectivity index (χ3v) is 5.50. The van der Waals surface area contributed by atoms with E-state index in [1.807, 2.05) is 18.2 Å². The first kappa shape index (κ1) is 26.1. The van der Waals surface area contributed by atoms with E-state index < -0.39 is 0 Å². The van der Waals surface area contributed by atoms with Crippen molar-refractivity contribution in [1.82, 2.24) is 0 Å². The van der Waals surface area contributed by atoms with Crippen molar-refractivity contribution in [2.45, 2.75) is 66.9 Å². The largest absolute Gasteiger partial charge is 0.497 e. The summed E-state index contributed by atoms with van der Waals surface area (Å²) in [5.74, 6) is 2.32. The molecule has 0 amide bonds. The molecule has 2 aromatic rings. The summed E-state index contributed by atoms with van der Waals surface area (Å²) in [6, 6.07) is 14.5. The third kappa shape index (κ3) is 9.12. The van der Waals surface area contributed by atoms with Crippen LogP contribution >= 0.6 is 0 Å². The van der Waals surface area contributed by atoms with Crippen LogP contribution in [0.15, 0.2) is 42.5 Å². The Kier molecular flexibility index (Phi) is 10.4. The zero-order chi connectivity index (χ0) is 23.6. The summed E-state index contributed by atoms with van der Waals surface area (Å²) in [5.41, 5.74) is 3.61. The minimum absolute atomic E-state index is 0.0127. The quantitative estimate of drug-likeness (QED) is 0.351. The Balaban J connectivity index is 1.98. The van der Waals surface area contributed by atoms with Gasteiger partial charge in [0.2, 0.25) is 0 Å². The van der Waals surface area contributed by atoms with E-state index in [0.29, 0.717) is 12.5 Å². The predicted molar refractivity (Wildman–Crippen MR) is 135 cm³/mol. The molecule has 4 heteroatoms. The zero-order valence-electron chi connectivity index (χ0n) is 21.2. The van der Waals surface area contributed by atoms with Crippen LogP contribution in [0.3, 0.4) is 0 Å². The van der Waals surface area contributed by atoms with Gasteiger partial charge in [-0.3, -0.25) is 0 Å². The van der Waals surface area contributed by atoms with E-state index in [9.17, 15) is 0 Å². The second-order valence-electron chi connectivity index (χ2n) is 9.96. The van der Waals surface area contributed by atoms with E-state index in [2.05, 4.69) is 71.1 Å². The first-order valence-corrected chi connectivity index (χ1v) is 11.9. The zero-order valence-corrected chi connectivity index (χ0v) is 21.2. The molecule has 0 aliphatic carbocycles. The molecule has 0 saturated heterocycles. The summed E-state index contributed by atoms with van der Waals surface area (Å²) in [7, 11) is 1.71. The second-order valence-corrected chi connectivity index (χ2v) is 9.96. The molecule has 0 radical (unpaired) electrons. The standard InChI is InChI=1S/C28H43NO3/c1-8-10-23(19-31-25-12-9-11-21(2)17-25)15-16-29-27-18-24(30-7)13-14-26(27)22(3)32-20-28(4,5)6/h9,11-14,17-18,22-23,29H,8,10,15-16,19-20H2,1-7H3. The van der Waals surface area contributed by atoms with E-state index in [0.717, 1.165) is 55.2 Å². The Labute approximate surface area is 195 Å². The van der Waals surface area contributed by atoms with E-state index in [-0.39, 0.29) is 11.5 Å². The highest BCUT2D eigenvalue weighted by molar-refractivity contribution is 5.56. The van der Waals surface area contributed by atoms with Gasteiger partial charge in [-0.25, -0.2) is 0 Å². The molecule has 0 aliphatic rings. The van der Waals surface area contributed by atoms with Gasteiger partial charge in [0.1, 0.15) is 11.5 Å². The summed E-state index contributed by atoms with van der Waals surface area (Å²) in [6.45, 7) is 15.4. The van der Waals surface area contributed by atoms with E-state index in [1.54, 1.807) is 7.11 Å². The molecule has 2 aromatic carbocycles. The summed E-state index contributed by atoms with van der Waals surface area (Å²) < 4.78 is 17.7. The lowest BCUT2D eigenvalue weighted by Crippen LogP contribution is -2.18. The lowest BCUT2D eigenvalue weighted by molar-refractivity contribution is 0.0179. The fraction of sp³-hybridized carbons (Fsp3) is 0.571. The maximum absolute atomic E-state index is 6.17. The van der Waals surface area contributed by atoms with Crippen molar-refractivity contribution in [3.05, 3.63) is 53.6 Å². The number of nitrogens with one attached hydrogen (secondary N) is 1. The smallest absolute Gasteiger partial charge is 0.120 e. The maximum atomic E-state index is 6.17. The Morgan fingerprint density at radius 1 is 1.00 bits per heavy atom. The van der Waals surface area contributed by atoms with Gasteiger partial charge in [-0.1, -0.05) is 52.3 Å². The van der Waals surface area contributed by atoms with Crippen LogP contribution in [0.5, 0.6) is 11.5 Å². The minimum Gasteiger partial charge on any atom is -0.497 e. The van der Waals surface area contributed by atoms with Crippen LogP contribution in [0.2, 0.25) is 0 Å². The van der Waals surface area contributed by atoms with E-state index in [1.165, 1.54) is 5.56 Å². The molecule has 178 valence electrons. The number of hydrogen-bond donors (Lipinski definition) is 1. The van der Waals surface area contributed by atoms with Crippen molar-refractivity contribution >= 4 is 5.69 Å². The Bertz CT molecular complexity index is 813. The lowest BCUT2D eigenvalue weighted by Gasteiger charge is -2.24. The van der Waals surface area contributed by atoms with Gasteiger partial charge in [0.25, 0.3) is 0 Å². The summed E-state index contributed by atoms with van der Waals surface area (Å²) >= 11 is 0. The number of ether oxygens (including phenoxy) is 3. The molecule has 0 heterocycles. The van der Waals surface area contributed by atoms with Crippen LogP contribution < -0.4 is 14.8 Å². The number of aryl methyl sites for hydroxylation is 1. The van der Waals surface area contributed by atoms with Gasteiger partial charge in [0.05, 0.1) is 26.4 Å². The van der Waals surface area contributed by atoms with Crippen LogP contribution in [-0.4, -0.2) is 26.9 Å². The molecule has 2 unspecified atom stereocenters. The fourth-order valence-corrected chi connectivity index (χ4v) is 3.68. The molecule has 0 spiro atoms. The molecule has 2 rings (SSSR count). The van der Waals surface area contributed by atoms with Crippen molar-refractivity contribution in [3.8, 4) is 11.5 Å². The molecule has 0 fully saturated rings. The number of hydrogen-bond acceptors (Lipinski definition) is 4. The fourth-order valence-electron chi connectivity index (χ4n) is 3.68. The molecule has 1 N–H and O–H groups in total. The van der Waals surface area contributed by atoms with Crippen molar-refractivity contribution in [2.75, 3.05) is 32.2 Å². The highest BCUT2D eigenvalue weighted by atomic mass is 16.5. The van der Waals surface area contributed by atoms with Gasteiger partial charge in [-0.15, -0.1) is 0 Å². The van der Waals surface area contributed by atoms with Gasteiger partial charge < -0.3 is 19.5 Å². The number of rotatable bonds is 13. The van der Waals surface area contributed by atoms with Crippen molar-refractivity contribution in [3.63, 3.8) is 0 Å². The minimum atomic E-state index is 0.0127. The molecule has 0 aromatic heterocycles. The maximum Gasteiger partial charge on any atom is 0.120 e. The van der Waals surface area contributed by atoms with Crippen LogP contribution in [0.4, 0.5) is 5.69 Å².